The zero-order valence-electron chi connectivity index (χ0n) is 12.1. The Morgan fingerprint density at radius 2 is 1.71 bits per heavy atom. The van der Waals surface area contributed by atoms with E-state index in [9.17, 15) is 22.8 Å². The molecule has 126 valence electrons. The number of nitrogen functional groups attached to an aromatic ring is 2. The Morgan fingerprint density at radius 1 is 1.08 bits per heavy atom. The van der Waals surface area contributed by atoms with Crippen LogP contribution in [0.2, 0.25) is 0 Å². The lowest BCUT2D eigenvalue weighted by atomic mass is 10.1. The molecule has 1 amide bonds. The van der Waals surface area contributed by atoms with Crippen molar-refractivity contribution in [2.45, 2.75) is 12.6 Å². The Kier molecular flexibility index (Phi) is 4.79. The van der Waals surface area contributed by atoms with E-state index >= 15 is 0 Å². The largest absolute Gasteiger partial charge is 0.435 e. The van der Waals surface area contributed by atoms with E-state index in [2.05, 4.69) is 9.97 Å². The highest BCUT2D eigenvalue weighted by molar-refractivity contribution is 6.00. The van der Waals surface area contributed by atoms with E-state index in [0.29, 0.717) is 5.56 Å². The molecule has 0 aliphatic rings. The van der Waals surface area contributed by atoms with Gasteiger partial charge in [0.1, 0.15) is 5.69 Å². The number of hydrogen-bond acceptors (Lipinski definition) is 6. The second kappa shape index (κ2) is 6.62. The topological polar surface area (TPSA) is 124 Å². The number of nitrogens with zero attached hydrogens (tertiary/aromatic N) is 2. The van der Waals surface area contributed by atoms with E-state index in [1.165, 1.54) is 0 Å². The van der Waals surface area contributed by atoms with Crippen molar-refractivity contribution in [3.8, 4) is 0 Å². The maximum Gasteiger partial charge on any atom is 0.435 e. The number of carbonyl (C=O) groups excluding carboxylic acids is 2. The monoisotopic (exact) mass is 339 g/mol. The lowest BCUT2D eigenvalue weighted by Crippen LogP contribution is -2.33. The fourth-order valence-electron chi connectivity index (χ4n) is 1.94. The van der Waals surface area contributed by atoms with Gasteiger partial charge in [-0.05, 0) is 5.56 Å². The minimum absolute atomic E-state index is 0.341. The first kappa shape index (κ1) is 17.3. The van der Waals surface area contributed by atoms with Gasteiger partial charge in [-0.1, -0.05) is 30.3 Å². The van der Waals surface area contributed by atoms with Crippen molar-refractivity contribution in [3.05, 3.63) is 53.0 Å². The maximum atomic E-state index is 13.1. The number of halogens is 3. The number of nitrogens with one attached hydrogen (secondary N) is 1. The van der Waals surface area contributed by atoms with E-state index in [0.717, 1.165) is 0 Å². The van der Waals surface area contributed by atoms with E-state index in [1.807, 2.05) is 0 Å². The summed E-state index contributed by atoms with van der Waals surface area (Å²) in [5.74, 6) is 2.14. The molecule has 1 heterocycles. The van der Waals surface area contributed by atoms with E-state index in [1.54, 1.807) is 35.8 Å². The number of hydrazine groups is 1. The second-order valence-corrected chi connectivity index (χ2v) is 4.71. The summed E-state index contributed by atoms with van der Waals surface area (Å²) in [4.78, 5) is 30.4. The normalized spacial score (nSPS) is 11.2. The molecule has 0 saturated carbocycles. The SMILES string of the molecule is NNC(=O)c1nc(C(=O)Cc2ccccc2)c(C(F)(F)F)nc1N. The van der Waals surface area contributed by atoms with E-state index in [-0.39, 0.29) is 6.42 Å². The molecule has 0 bridgehead atoms. The van der Waals surface area contributed by atoms with Gasteiger partial charge < -0.3 is 5.73 Å². The zero-order chi connectivity index (χ0) is 17.9. The lowest BCUT2D eigenvalue weighted by Gasteiger charge is -2.13. The van der Waals surface area contributed by atoms with Crippen molar-refractivity contribution >= 4 is 17.5 Å². The Bertz CT molecular complexity index is 778. The number of amides is 1. The van der Waals surface area contributed by atoms with Crippen molar-refractivity contribution < 1.29 is 22.8 Å². The molecule has 0 atom stereocenters. The van der Waals surface area contributed by atoms with Gasteiger partial charge in [-0.15, -0.1) is 0 Å². The van der Waals surface area contributed by atoms with Crippen LogP contribution in [0.25, 0.3) is 0 Å². The van der Waals surface area contributed by atoms with Gasteiger partial charge in [-0.25, -0.2) is 15.8 Å². The maximum absolute atomic E-state index is 13.1. The van der Waals surface area contributed by atoms with Crippen molar-refractivity contribution in [1.82, 2.24) is 15.4 Å². The number of hydrogen-bond donors (Lipinski definition) is 3. The first-order chi connectivity index (χ1) is 11.2. The van der Waals surface area contributed by atoms with Crippen molar-refractivity contribution in [3.63, 3.8) is 0 Å². The molecular weight excluding hydrogens is 327 g/mol. The molecule has 10 heteroatoms. The van der Waals surface area contributed by atoms with Crippen molar-refractivity contribution in [2.24, 2.45) is 5.84 Å². The Balaban J connectivity index is 2.52. The molecule has 0 saturated heterocycles. The molecule has 7 nitrogen and oxygen atoms in total. The summed E-state index contributed by atoms with van der Waals surface area (Å²) in [5, 5.41) is 0. The Morgan fingerprint density at radius 3 is 2.25 bits per heavy atom. The van der Waals surface area contributed by atoms with Crippen molar-refractivity contribution in [1.29, 1.82) is 0 Å². The fraction of sp³-hybridized carbons (Fsp3) is 0.143. The molecule has 0 fully saturated rings. The van der Waals surface area contributed by atoms with Crippen LogP contribution in [-0.4, -0.2) is 21.7 Å². The average molecular weight is 339 g/mol. The highest BCUT2D eigenvalue weighted by atomic mass is 19.4. The number of nitrogens with two attached hydrogens (primary N) is 2. The molecule has 0 spiro atoms. The number of ketones is 1. The zero-order valence-corrected chi connectivity index (χ0v) is 12.1. The highest BCUT2D eigenvalue weighted by Gasteiger charge is 2.39. The van der Waals surface area contributed by atoms with E-state index in [4.69, 9.17) is 11.6 Å². The first-order valence-corrected chi connectivity index (χ1v) is 6.56. The lowest BCUT2D eigenvalue weighted by molar-refractivity contribution is -0.141. The molecule has 24 heavy (non-hydrogen) atoms. The number of anilines is 1. The first-order valence-electron chi connectivity index (χ1n) is 6.56. The summed E-state index contributed by atoms with van der Waals surface area (Å²) in [6.45, 7) is 0. The summed E-state index contributed by atoms with van der Waals surface area (Å²) in [5.41, 5.74) is 4.30. The number of alkyl halides is 3. The van der Waals surface area contributed by atoms with Crippen LogP contribution in [0.3, 0.4) is 0 Å². The van der Waals surface area contributed by atoms with Gasteiger partial charge in [0.2, 0.25) is 0 Å². The van der Waals surface area contributed by atoms with Crippen LogP contribution in [0.4, 0.5) is 19.0 Å². The second-order valence-electron chi connectivity index (χ2n) is 4.71. The van der Waals surface area contributed by atoms with Crippen LogP contribution >= 0.6 is 0 Å². The van der Waals surface area contributed by atoms with Gasteiger partial charge in [-0.2, -0.15) is 13.2 Å². The van der Waals surface area contributed by atoms with Crippen LogP contribution in [0, 0.1) is 0 Å². The predicted molar refractivity (Wildman–Crippen MR) is 77.6 cm³/mol. The molecule has 0 unspecified atom stereocenters. The van der Waals surface area contributed by atoms with Gasteiger partial charge in [0.05, 0.1) is 0 Å². The van der Waals surface area contributed by atoms with Crippen LogP contribution in [0.15, 0.2) is 30.3 Å². The minimum Gasteiger partial charge on any atom is -0.382 e. The molecule has 2 aromatic rings. The number of benzene rings is 1. The number of carbonyl (C=O) groups is 2. The molecule has 0 aliphatic carbocycles. The Labute approximate surface area is 133 Å². The molecule has 2 rings (SSSR count). The third kappa shape index (κ3) is 3.66. The summed E-state index contributed by atoms with van der Waals surface area (Å²) >= 11 is 0. The van der Waals surface area contributed by atoms with Crippen LogP contribution in [0.5, 0.6) is 0 Å². The van der Waals surface area contributed by atoms with Gasteiger partial charge in [0, 0.05) is 6.42 Å². The molecule has 0 aliphatic heterocycles. The molecule has 5 N–H and O–H groups in total. The van der Waals surface area contributed by atoms with Crippen molar-refractivity contribution in [2.75, 3.05) is 5.73 Å². The van der Waals surface area contributed by atoms with Crippen LogP contribution in [-0.2, 0) is 12.6 Å². The van der Waals surface area contributed by atoms with Gasteiger partial charge in [0.25, 0.3) is 5.91 Å². The quantitative estimate of drug-likeness (QED) is 0.332. The van der Waals surface area contributed by atoms with Crippen LogP contribution < -0.4 is 17.0 Å². The predicted octanol–water partition coefficient (Wildman–Crippen LogP) is 1.11. The highest BCUT2D eigenvalue weighted by Crippen LogP contribution is 2.31. The van der Waals surface area contributed by atoms with Crippen LogP contribution in [0.1, 0.15) is 32.2 Å². The standard InChI is InChI=1S/C14H12F3N5O2/c15-14(16,17)11-9(8(23)6-7-4-2-1-3-5-7)20-10(12(18)21-11)13(24)22-19/h1-5H,6,19H2,(H2,18,21)(H,22,24). The Hall–Kier alpha value is -3.01. The minimum atomic E-state index is -4.96. The fourth-order valence-corrected chi connectivity index (χ4v) is 1.94. The van der Waals surface area contributed by atoms with E-state index < -0.39 is 40.8 Å². The smallest absolute Gasteiger partial charge is 0.382 e. The summed E-state index contributed by atoms with van der Waals surface area (Å²) < 4.78 is 39.3. The molecule has 1 aromatic carbocycles. The summed E-state index contributed by atoms with van der Waals surface area (Å²) in [6.07, 6.45) is -5.30. The number of rotatable bonds is 4. The number of Topliss-reactive ketones (excluding diaryl/α,β-unsaturated/α-hetero) is 1. The van der Waals surface area contributed by atoms with Gasteiger partial charge in [-0.3, -0.25) is 15.0 Å². The summed E-state index contributed by atoms with van der Waals surface area (Å²) in [7, 11) is 0. The average Bonchev–Trinajstić information content (AvgIpc) is 2.53. The number of aromatic nitrogens is 2. The van der Waals surface area contributed by atoms with Gasteiger partial charge in [0.15, 0.2) is 23.0 Å². The molecular formula is C14H12F3N5O2. The molecule has 0 radical (unpaired) electrons. The molecule has 1 aromatic heterocycles. The third-order valence-corrected chi connectivity index (χ3v) is 3.01. The summed E-state index contributed by atoms with van der Waals surface area (Å²) in [6, 6.07) is 8.11. The third-order valence-electron chi connectivity index (χ3n) is 3.01. The van der Waals surface area contributed by atoms with Gasteiger partial charge >= 0.3 is 6.18 Å².